The Labute approximate surface area is 295 Å². The number of hydrogen-bond donors (Lipinski definition) is 0. The quantitative estimate of drug-likeness (QED) is 0.178. The molecule has 0 unspecified atom stereocenters. The van der Waals surface area contributed by atoms with Gasteiger partial charge in [0, 0.05) is 49.9 Å². The molecule has 0 aliphatic heterocycles. The van der Waals surface area contributed by atoms with Gasteiger partial charge in [-0.3, -0.25) is 0 Å². The Morgan fingerprint density at radius 2 is 0.980 bits per heavy atom. The molecular weight excluding hydrogens is 621 g/mol. The molecule has 2 aromatic heterocycles. The summed E-state index contributed by atoms with van der Waals surface area (Å²) in [4.78, 5) is 2.35. The molecule has 51 heavy (non-hydrogen) atoms. The van der Waals surface area contributed by atoms with E-state index in [9.17, 15) is 0 Å². The van der Waals surface area contributed by atoms with Gasteiger partial charge in [-0.05, 0) is 89.5 Å². The standard InChI is InChI=1S/C48H32N2O/c1-5-15-33(16-6-1)35-29-42(34-17-7-2-8-18-34)48-44(30-35)40-27-25-39(32-45(40)50(48)37-21-11-4-12-22-37)49(36-19-9-3-10-20-36)38-26-28-47-43(31-38)41-23-13-14-24-46(41)51-47/h1-32H. The summed E-state index contributed by atoms with van der Waals surface area (Å²) in [6.07, 6.45) is 0. The van der Waals surface area contributed by atoms with Crippen LogP contribution in [-0.4, -0.2) is 4.57 Å². The van der Waals surface area contributed by atoms with Crippen LogP contribution in [0.2, 0.25) is 0 Å². The van der Waals surface area contributed by atoms with Crippen molar-refractivity contribution in [2.75, 3.05) is 4.90 Å². The van der Waals surface area contributed by atoms with E-state index in [1.54, 1.807) is 0 Å². The van der Waals surface area contributed by atoms with Gasteiger partial charge in [-0.15, -0.1) is 0 Å². The second kappa shape index (κ2) is 11.9. The van der Waals surface area contributed by atoms with Crippen LogP contribution in [0.15, 0.2) is 199 Å². The fraction of sp³-hybridized carbons (Fsp3) is 0. The Bertz CT molecular complexity index is 2840. The predicted octanol–water partition coefficient (Wildman–Crippen LogP) is 13.5. The van der Waals surface area contributed by atoms with Crippen LogP contribution in [0.4, 0.5) is 17.1 Å². The maximum absolute atomic E-state index is 6.22. The number of rotatable bonds is 6. The molecule has 0 aliphatic carbocycles. The van der Waals surface area contributed by atoms with Gasteiger partial charge in [-0.1, -0.05) is 121 Å². The Morgan fingerprint density at radius 3 is 1.75 bits per heavy atom. The molecule has 0 bridgehead atoms. The average Bonchev–Trinajstić information content (AvgIpc) is 3.74. The zero-order chi connectivity index (χ0) is 33.7. The highest BCUT2D eigenvalue weighted by Crippen LogP contribution is 2.44. The average molecular weight is 653 g/mol. The zero-order valence-electron chi connectivity index (χ0n) is 27.8. The molecule has 0 saturated heterocycles. The molecule has 0 spiro atoms. The van der Waals surface area contributed by atoms with Crippen molar-refractivity contribution in [2.24, 2.45) is 0 Å². The molecule has 0 saturated carbocycles. The minimum atomic E-state index is 0.885. The molecule has 0 radical (unpaired) electrons. The molecule has 0 atom stereocenters. The summed E-state index contributed by atoms with van der Waals surface area (Å²) in [6, 6.07) is 69.3. The monoisotopic (exact) mass is 652 g/mol. The number of furan rings is 1. The summed E-state index contributed by atoms with van der Waals surface area (Å²) >= 11 is 0. The van der Waals surface area contributed by atoms with E-state index in [1.807, 2.05) is 12.1 Å². The first-order valence-corrected chi connectivity index (χ1v) is 17.4. The van der Waals surface area contributed by atoms with E-state index in [4.69, 9.17) is 4.42 Å². The lowest BCUT2D eigenvalue weighted by Crippen LogP contribution is -2.10. The van der Waals surface area contributed by atoms with Gasteiger partial charge in [0.2, 0.25) is 0 Å². The molecular formula is C48H32N2O. The van der Waals surface area contributed by atoms with Crippen molar-refractivity contribution in [1.82, 2.24) is 4.57 Å². The molecule has 0 N–H and O–H groups in total. The maximum atomic E-state index is 6.22. The summed E-state index contributed by atoms with van der Waals surface area (Å²) < 4.78 is 8.67. The number of nitrogens with zero attached hydrogens (tertiary/aromatic N) is 2. The lowest BCUT2D eigenvalue weighted by molar-refractivity contribution is 0.669. The molecule has 3 nitrogen and oxygen atoms in total. The fourth-order valence-corrected chi connectivity index (χ4v) is 7.63. The second-order valence-corrected chi connectivity index (χ2v) is 13.0. The van der Waals surface area contributed by atoms with Crippen molar-refractivity contribution < 1.29 is 4.42 Å². The Morgan fingerprint density at radius 1 is 0.373 bits per heavy atom. The SMILES string of the molecule is c1ccc(-c2cc(-c3ccccc3)c3c(c2)c2ccc(N(c4ccccc4)c4ccc5oc6ccccc6c5c4)cc2n3-c2ccccc2)cc1. The number of para-hydroxylation sites is 3. The van der Waals surface area contributed by atoms with Crippen molar-refractivity contribution in [3.05, 3.63) is 194 Å². The molecule has 3 heteroatoms. The van der Waals surface area contributed by atoms with E-state index in [0.29, 0.717) is 0 Å². The highest BCUT2D eigenvalue weighted by molar-refractivity contribution is 6.16. The molecule has 0 aliphatic rings. The first kappa shape index (κ1) is 29.1. The Hall–Kier alpha value is -6.84. The Kier molecular flexibility index (Phi) is 6.81. The van der Waals surface area contributed by atoms with E-state index < -0.39 is 0 Å². The van der Waals surface area contributed by atoms with Crippen LogP contribution in [0.5, 0.6) is 0 Å². The molecule has 0 fully saturated rings. The van der Waals surface area contributed by atoms with Crippen LogP contribution in [0.3, 0.4) is 0 Å². The molecule has 240 valence electrons. The third kappa shape index (κ3) is 4.90. The zero-order valence-corrected chi connectivity index (χ0v) is 27.8. The molecule has 0 amide bonds. The summed E-state index contributed by atoms with van der Waals surface area (Å²) in [7, 11) is 0. The first-order valence-electron chi connectivity index (χ1n) is 17.4. The van der Waals surface area contributed by atoms with Crippen molar-refractivity contribution in [2.45, 2.75) is 0 Å². The predicted molar refractivity (Wildman–Crippen MR) is 214 cm³/mol. The minimum absolute atomic E-state index is 0.885. The Balaban J connectivity index is 1.28. The normalized spacial score (nSPS) is 11.5. The van der Waals surface area contributed by atoms with Crippen molar-refractivity contribution >= 4 is 60.8 Å². The number of fused-ring (bicyclic) bond motifs is 6. The number of benzene rings is 8. The second-order valence-electron chi connectivity index (χ2n) is 13.0. The highest BCUT2D eigenvalue weighted by Gasteiger charge is 2.21. The van der Waals surface area contributed by atoms with E-state index >= 15 is 0 Å². The molecule has 10 rings (SSSR count). The lowest BCUT2D eigenvalue weighted by atomic mass is 9.95. The van der Waals surface area contributed by atoms with E-state index in [1.165, 1.54) is 38.5 Å². The minimum Gasteiger partial charge on any atom is -0.456 e. The summed E-state index contributed by atoms with van der Waals surface area (Å²) in [6.45, 7) is 0. The van der Waals surface area contributed by atoms with Crippen molar-refractivity contribution in [3.8, 4) is 27.9 Å². The lowest BCUT2D eigenvalue weighted by Gasteiger charge is -2.26. The van der Waals surface area contributed by atoms with Crippen LogP contribution < -0.4 is 4.90 Å². The van der Waals surface area contributed by atoms with Crippen molar-refractivity contribution in [1.29, 1.82) is 0 Å². The number of hydrogen-bond acceptors (Lipinski definition) is 2. The van der Waals surface area contributed by atoms with E-state index in [2.05, 4.69) is 191 Å². The van der Waals surface area contributed by atoms with Gasteiger partial charge in [0.25, 0.3) is 0 Å². The van der Waals surface area contributed by atoms with Gasteiger partial charge in [0.15, 0.2) is 0 Å². The maximum Gasteiger partial charge on any atom is 0.135 e. The smallest absolute Gasteiger partial charge is 0.135 e. The van der Waals surface area contributed by atoms with Crippen LogP contribution >= 0.6 is 0 Å². The summed E-state index contributed by atoms with van der Waals surface area (Å²) in [5.41, 5.74) is 13.3. The molecule has 8 aromatic carbocycles. The molecule has 2 heterocycles. The van der Waals surface area contributed by atoms with Crippen LogP contribution in [0, 0.1) is 0 Å². The first-order chi connectivity index (χ1) is 25.3. The third-order valence-corrected chi connectivity index (χ3v) is 9.94. The van der Waals surface area contributed by atoms with Gasteiger partial charge >= 0.3 is 0 Å². The van der Waals surface area contributed by atoms with Gasteiger partial charge < -0.3 is 13.9 Å². The van der Waals surface area contributed by atoms with Gasteiger partial charge in [0.1, 0.15) is 11.2 Å². The number of aromatic nitrogens is 1. The largest absolute Gasteiger partial charge is 0.456 e. The molecule has 10 aromatic rings. The number of anilines is 3. The van der Waals surface area contributed by atoms with Gasteiger partial charge in [-0.25, -0.2) is 0 Å². The summed E-state index contributed by atoms with van der Waals surface area (Å²) in [5, 5.41) is 4.64. The van der Waals surface area contributed by atoms with Crippen LogP contribution in [-0.2, 0) is 0 Å². The third-order valence-electron chi connectivity index (χ3n) is 9.94. The van der Waals surface area contributed by atoms with E-state index in [0.717, 1.165) is 50.2 Å². The van der Waals surface area contributed by atoms with Gasteiger partial charge in [0.05, 0.1) is 11.0 Å². The summed E-state index contributed by atoms with van der Waals surface area (Å²) in [5.74, 6) is 0. The fourth-order valence-electron chi connectivity index (χ4n) is 7.63. The van der Waals surface area contributed by atoms with Gasteiger partial charge in [-0.2, -0.15) is 0 Å². The van der Waals surface area contributed by atoms with Crippen LogP contribution in [0.1, 0.15) is 0 Å². The van der Waals surface area contributed by atoms with Crippen molar-refractivity contribution in [3.63, 3.8) is 0 Å². The highest BCUT2D eigenvalue weighted by atomic mass is 16.3. The van der Waals surface area contributed by atoms with E-state index in [-0.39, 0.29) is 0 Å². The topological polar surface area (TPSA) is 21.3 Å². The van der Waals surface area contributed by atoms with Crippen LogP contribution in [0.25, 0.3) is 71.7 Å².